The third-order valence-electron chi connectivity index (χ3n) is 2.99. The van der Waals surface area contributed by atoms with Crippen LogP contribution < -0.4 is 0 Å². The Morgan fingerprint density at radius 2 is 1.73 bits per heavy atom. The molecule has 2 aliphatic heterocycles. The molecule has 0 radical (unpaired) electrons. The minimum atomic E-state index is -0.781. The zero-order chi connectivity index (χ0) is 10.8. The standard InChI is InChI=1S/C10H15NO3S/c12-9(11-5-1-2-6-11)7-3-4-8(15-7)10(13)14/h7-8H,1-6H2,(H,13,14)/t7-,8-/m1/s1. The van der Waals surface area contributed by atoms with E-state index in [9.17, 15) is 9.59 Å². The summed E-state index contributed by atoms with van der Waals surface area (Å²) < 4.78 is 0. The van der Waals surface area contributed by atoms with Crippen LogP contribution in [0.25, 0.3) is 0 Å². The van der Waals surface area contributed by atoms with Gasteiger partial charge in [-0.15, -0.1) is 11.8 Å². The zero-order valence-corrected chi connectivity index (χ0v) is 9.33. The van der Waals surface area contributed by atoms with Gasteiger partial charge in [-0.3, -0.25) is 9.59 Å². The Morgan fingerprint density at radius 1 is 1.13 bits per heavy atom. The molecular weight excluding hydrogens is 214 g/mol. The number of nitrogens with zero attached hydrogens (tertiary/aromatic N) is 1. The van der Waals surface area contributed by atoms with E-state index in [0.29, 0.717) is 6.42 Å². The number of hydrogen-bond donors (Lipinski definition) is 1. The highest BCUT2D eigenvalue weighted by Crippen LogP contribution is 2.35. The maximum atomic E-state index is 11.9. The third-order valence-corrected chi connectivity index (χ3v) is 4.52. The maximum Gasteiger partial charge on any atom is 0.316 e. The summed E-state index contributed by atoms with van der Waals surface area (Å²) in [5, 5.41) is 8.35. The largest absolute Gasteiger partial charge is 0.480 e. The SMILES string of the molecule is O=C(O)[C@H]1CC[C@H](C(=O)N2CCCC2)S1. The molecule has 2 rings (SSSR count). The molecule has 0 aromatic carbocycles. The quantitative estimate of drug-likeness (QED) is 0.766. The normalized spacial score (nSPS) is 30.8. The summed E-state index contributed by atoms with van der Waals surface area (Å²) in [4.78, 5) is 24.6. The lowest BCUT2D eigenvalue weighted by molar-refractivity contribution is -0.136. The van der Waals surface area contributed by atoms with Crippen LogP contribution in [0, 0.1) is 0 Å². The molecule has 0 aliphatic carbocycles. The highest BCUT2D eigenvalue weighted by molar-refractivity contribution is 8.02. The molecule has 0 aromatic heterocycles. The molecule has 84 valence electrons. The van der Waals surface area contributed by atoms with Crippen LogP contribution in [0.2, 0.25) is 0 Å². The summed E-state index contributed by atoms with van der Waals surface area (Å²) in [6.07, 6.45) is 3.53. The second-order valence-corrected chi connectivity index (χ2v) is 5.47. The van der Waals surface area contributed by atoms with Gasteiger partial charge in [0, 0.05) is 13.1 Å². The number of carbonyl (C=O) groups is 2. The number of rotatable bonds is 2. The van der Waals surface area contributed by atoms with Crippen molar-refractivity contribution < 1.29 is 14.7 Å². The van der Waals surface area contributed by atoms with E-state index in [2.05, 4.69) is 0 Å². The van der Waals surface area contributed by atoms with E-state index in [4.69, 9.17) is 5.11 Å². The van der Waals surface area contributed by atoms with Crippen LogP contribution in [0.1, 0.15) is 25.7 Å². The third kappa shape index (κ3) is 2.27. The molecule has 1 amide bonds. The summed E-state index contributed by atoms with van der Waals surface area (Å²) in [5.74, 6) is -0.627. The molecule has 5 heteroatoms. The van der Waals surface area contributed by atoms with Gasteiger partial charge in [0.2, 0.25) is 5.91 Å². The van der Waals surface area contributed by atoms with Gasteiger partial charge in [-0.25, -0.2) is 0 Å². The monoisotopic (exact) mass is 229 g/mol. The van der Waals surface area contributed by atoms with Crippen molar-refractivity contribution in [1.29, 1.82) is 0 Å². The van der Waals surface area contributed by atoms with Gasteiger partial charge in [-0.1, -0.05) is 0 Å². The Labute approximate surface area is 93.0 Å². The molecule has 0 bridgehead atoms. The van der Waals surface area contributed by atoms with E-state index in [0.717, 1.165) is 32.4 Å². The number of likely N-dealkylation sites (tertiary alicyclic amines) is 1. The molecule has 2 heterocycles. The first-order valence-electron chi connectivity index (χ1n) is 5.35. The van der Waals surface area contributed by atoms with Crippen molar-refractivity contribution in [1.82, 2.24) is 4.90 Å². The molecule has 15 heavy (non-hydrogen) atoms. The van der Waals surface area contributed by atoms with Gasteiger partial charge in [-0.05, 0) is 25.7 Å². The van der Waals surface area contributed by atoms with Crippen molar-refractivity contribution in [2.24, 2.45) is 0 Å². The Kier molecular flexibility index (Phi) is 3.19. The molecule has 4 nitrogen and oxygen atoms in total. The van der Waals surface area contributed by atoms with Crippen LogP contribution >= 0.6 is 11.8 Å². The summed E-state index contributed by atoms with van der Waals surface area (Å²) in [6, 6.07) is 0. The first-order valence-corrected chi connectivity index (χ1v) is 6.30. The lowest BCUT2D eigenvalue weighted by atomic mass is 10.2. The fraction of sp³-hybridized carbons (Fsp3) is 0.800. The van der Waals surface area contributed by atoms with E-state index in [1.54, 1.807) is 0 Å². The van der Waals surface area contributed by atoms with Gasteiger partial charge in [0.25, 0.3) is 0 Å². The van der Waals surface area contributed by atoms with Gasteiger partial charge in [0.1, 0.15) is 5.25 Å². The number of thioether (sulfide) groups is 1. The Morgan fingerprint density at radius 3 is 2.27 bits per heavy atom. The Balaban J connectivity index is 1.89. The highest BCUT2D eigenvalue weighted by atomic mass is 32.2. The molecule has 0 spiro atoms. The fourth-order valence-electron chi connectivity index (χ4n) is 2.14. The van der Waals surface area contributed by atoms with Crippen LogP contribution in [-0.2, 0) is 9.59 Å². The summed E-state index contributed by atoms with van der Waals surface area (Å²) in [7, 11) is 0. The van der Waals surface area contributed by atoms with E-state index < -0.39 is 5.97 Å². The van der Waals surface area contributed by atoms with Crippen molar-refractivity contribution >= 4 is 23.6 Å². The Bertz CT molecular complexity index is 276. The molecule has 1 N–H and O–H groups in total. The highest BCUT2D eigenvalue weighted by Gasteiger charge is 2.36. The number of carbonyl (C=O) groups excluding carboxylic acids is 1. The van der Waals surface area contributed by atoms with E-state index >= 15 is 0 Å². The van der Waals surface area contributed by atoms with Gasteiger partial charge in [-0.2, -0.15) is 0 Å². The van der Waals surface area contributed by atoms with Crippen molar-refractivity contribution in [3.05, 3.63) is 0 Å². The van der Waals surface area contributed by atoms with Crippen LogP contribution in [0.15, 0.2) is 0 Å². The topological polar surface area (TPSA) is 57.6 Å². The van der Waals surface area contributed by atoms with Crippen LogP contribution in [-0.4, -0.2) is 45.5 Å². The van der Waals surface area contributed by atoms with Gasteiger partial charge < -0.3 is 10.0 Å². The second-order valence-electron chi connectivity index (χ2n) is 4.06. The molecule has 2 aliphatic rings. The predicted octanol–water partition coefficient (Wildman–Crippen LogP) is 0.958. The second kappa shape index (κ2) is 4.43. The molecule has 2 atom stereocenters. The van der Waals surface area contributed by atoms with E-state index in [1.165, 1.54) is 11.8 Å². The number of hydrogen-bond acceptors (Lipinski definition) is 3. The zero-order valence-electron chi connectivity index (χ0n) is 8.52. The molecule has 2 fully saturated rings. The van der Waals surface area contributed by atoms with Crippen LogP contribution in [0.4, 0.5) is 0 Å². The summed E-state index contributed by atoms with van der Waals surface area (Å²) in [6.45, 7) is 1.71. The van der Waals surface area contributed by atoms with Crippen LogP contribution in [0.5, 0.6) is 0 Å². The number of aliphatic carboxylic acids is 1. The maximum absolute atomic E-state index is 11.9. The van der Waals surface area contributed by atoms with E-state index in [-0.39, 0.29) is 16.4 Å². The minimum absolute atomic E-state index is 0.107. The summed E-state index contributed by atoms with van der Waals surface area (Å²) in [5.41, 5.74) is 0. The molecule has 2 saturated heterocycles. The van der Waals surface area contributed by atoms with Crippen LogP contribution in [0.3, 0.4) is 0 Å². The number of carboxylic acid groups (broad SMARTS) is 1. The van der Waals surface area contributed by atoms with Gasteiger partial charge in [0.05, 0.1) is 5.25 Å². The van der Waals surface area contributed by atoms with Crippen molar-refractivity contribution in [3.8, 4) is 0 Å². The lowest BCUT2D eigenvalue weighted by Gasteiger charge is -2.19. The van der Waals surface area contributed by atoms with Gasteiger partial charge >= 0.3 is 5.97 Å². The van der Waals surface area contributed by atoms with E-state index in [1.807, 2.05) is 4.90 Å². The number of carboxylic acids is 1. The predicted molar refractivity (Wildman–Crippen MR) is 57.9 cm³/mol. The Hall–Kier alpha value is -0.710. The first kappa shape index (κ1) is 10.8. The van der Waals surface area contributed by atoms with Gasteiger partial charge in [0.15, 0.2) is 0 Å². The molecule has 0 aromatic rings. The lowest BCUT2D eigenvalue weighted by Crippen LogP contribution is -2.34. The smallest absolute Gasteiger partial charge is 0.316 e. The average molecular weight is 229 g/mol. The van der Waals surface area contributed by atoms with Crippen molar-refractivity contribution in [2.45, 2.75) is 36.2 Å². The molecule has 0 unspecified atom stereocenters. The summed E-state index contributed by atoms with van der Waals surface area (Å²) >= 11 is 1.32. The van der Waals surface area contributed by atoms with Crippen molar-refractivity contribution in [3.63, 3.8) is 0 Å². The fourth-order valence-corrected chi connectivity index (χ4v) is 3.46. The average Bonchev–Trinajstić information content (AvgIpc) is 2.88. The number of amides is 1. The minimum Gasteiger partial charge on any atom is -0.480 e. The molecular formula is C10H15NO3S. The first-order chi connectivity index (χ1) is 7.18. The molecule has 0 saturated carbocycles. The van der Waals surface area contributed by atoms with Crippen molar-refractivity contribution in [2.75, 3.05) is 13.1 Å².